The molecule has 3 nitrogen and oxygen atoms in total. The van der Waals surface area contributed by atoms with Gasteiger partial charge in [-0.25, -0.2) is 0 Å². The van der Waals surface area contributed by atoms with Crippen LogP contribution in [0.1, 0.15) is 20.0 Å². The highest BCUT2D eigenvalue weighted by Gasteiger charge is 2.02. The van der Waals surface area contributed by atoms with E-state index in [-0.39, 0.29) is 6.17 Å². The van der Waals surface area contributed by atoms with Crippen molar-refractivity contribution in [3.05, 3.63) is 17.2 Å². The Bertz CT molecular complexity index is 325. The number of hydrogen-bond acceptors (Lipinski definition) is 2. The Balaban J connectivity index is 2.78. The number of nitrogens with zero attached hydrogens (tertiary/aromatic N) is 1. The number of thiocarbonyl (C=S) groups is 1. The molecule has 2 N–H and O–H groups in total. The first-order chi connectivity index (χ1) is 5.61. The van der Waals surface area contributed by atoms with Crippen LogP contribution in [0.3, 0.4) is 0 Å². The van der Waals surface area contributed by atoms with Crippen molar-refractivity contribution in [3.8, 4) is 0 Å². The molecule has 12 heavy (non-hydrogen) atoms. The molecule has 5 heteroatoms. The highest BCUT2D eigenvalue weighted by Crippen LogP contribution is 2.01. The zero-order valence-corrected chi connectivity index (χ0v) is 8.63. The summed E-state index contributed by atoms with van der Waals surface area (Å²) in [5.41, 5.74) is 0. The Kier molecular flexibility index (Phi) is 2.99. The molecule has 1 atom stereocenters. The van der Waals surface area contributed by atoms with Gasteiger partial charge in [0, 0.05) is 12.4 Å². The predicted molar refractivity (Wildman–Crippen MR) is 55.7 cm³/mol. The molecule has 0 aliphatic rings. The summed E-state index contributed by atoms with van der Waals surface area (Å²) in [6.45, 7) is 3.85. The van der Waals surface area contributed by atoms with E-state index in [0.717, 1.165) is 4.99 Å². The molecule has 1 heterocycles. The van der Waals surface area contributed by atoms with Crippen LogP contribution in [0, 0.1) is 4.77 Å². The van der Waals surface area contributed by atoms with Crippen molar-refractivity contribution in [1.29, 1.82) is 0 Å². The molecule has 0 aliphatic heterocycles. The topological polar surface area (TPSA) is 32.8 Å². The van der Waals surface area contributed by atoms with Crippen LogP contribution in [0.2, 0.25) is 0 Å². The van der Waals surface area contributed by atoms with Gasteiger partial charge >= 0.3 is 0 Å². The third-order valence-corrected chi connectivity index (χ3v) is 1.95. The minimum Gasteiger partial charge on any atom is -0.360 e. The molecule has 1 aromatic rings. The number of imidazole rings is 1. The first kappa shape index (κ1) is 9.41. The molecule has 0 radical (unpaired) electrons. The van der Waals surface area contributed by atoms with Gasteiger partial charge in [0.25, 0.3) is 0 Å². The third kappa shape index (κ3) is 2.15. The van der Waals surface area contributed by atoms with E-state index in [1.165, 1.54) is 0 Å². The van der Waals surface area contributed by atoms with Gasteiger partial charge in [-0.1, -0.05) is 12.2 Å². The van der Waals surface area contributed by atoms with Crippen LogP contribution in [0.25, 0.3) is 0 Å². The van der Waals surface area contributed by atoms with E-state index in [4.69, 9.17) is 24.4 Å². The Labute approximate surface area is 81.8 Å². The van der Waals surface area contributed by atoms with E-state index in [1.807, 2.05) is 24.6 Å². The van der Waals surface area contributed by atoms with Gasteiger partial charge in [0.2, 0.25) is 0 Å². The highest BCUT2D eigenvalue weighted by atomic mass is 32.1. The number of H-pyrrole nitrogens is 1. The lowest BCUT2D eigenvalue weighted by molar-refractivity contribution is 0.510. The van der Waals surface area contributed by atoms with Gasteiger partial charge in [-0.3, -0.25) is 0 Å². The summed E-state index contributed by atoms with van der Waals surface area (Å²) in [6.07, 6.45) is 3.80. The van der Waals surface area contributed by atoms with Crippen molar-refractivity contribution < 1.29 is 0 Å². The fourth-order valence-corrected chi connectivity index (χ4v) is 1.46. The second kappa shape index (κ2) is 3.82. The molecule has 1 aromatic heterocycles. The predicted octanol–water partition coefficient (Wildman–Crippen LogP) is 2.00. The molecular formula is C7H11N3S2. The zero-order chi connectivity index (χ0) is 9.14. The monoisotopic (exact) mass is 201 g/mol. The van der Waals surface area contributed by atoms with Crippen LogP contribution < -0.4 is 5.32 Å². The summed E-state index contributed by atoms with van der Waals surface area (Å²) in [5, 5.41) is 3.09. The van der Waals surface area contributed by atoms with Crippen molar-refractivity contribution in [1.82, 2.24) is 14.9 Å². The van der Waals surface area contributed by atoms with Crippen molar-refractivity contribution in [2.24, 2.45) is 0 Å². The lowest BCUT2D eigenvalue weighted by Crippen LogP contribution is -2.26. The SMILES string of the molecule is CC(=S)NC(C)n1cc[nH]c1=S. The van der Waals surface area contributed by atoms with Gasteiger partial charge in [0.05, 0.1) is 4.99 Å². The fourth-order valence-electron chi connectivity index (χ4n) is 1.000. The van der Waals surface area contributed by atoms with E-state index in [1.54, 1.807) is 6.20 Å². The van der Waals surface area contributed by atoms with Crippen LogP contribution in [0.15, 0.2) is 12.4 Å². The van der Waals surface area contributed by atoms with E-state index >= 15 is 0 Å². The minimum atomic E-state index is 0.112. The third-order valence-electron chi connectivity index (χ3n) is 1.51. The smallest absolute Gasteiger partial charge is 0.178 e. The Hall–Kier alpha value is -0.680. The average molecular weight is 201 g/mol. The quantitative estimate of drug-likeness (QED) is 0.718. The zero-order valence-electron chi connectivity index (χ0n) is 7.00. The fraction of sp³-hybridized carbons (Fsp3) is 0.429. The normalized spacial score (nSPS) is 12.5. The molecule has 1 rings (SSSR count). The van der Waals surface area contributed by atoms with Crippen LogP contribution in [-0.4, -0.2) is 14.5 Å². The van der Waals surface area contributed by atoms with Crippen molar-refractivity contribution in [2.45, 2.75) is 20.0 Å². The molecule has 0 fully saturated rings. The molecule has 66 valence electrons. The average Bonchev–Trinajstić information content (AvgIpc) is 2.33. The van der Waals surface area contributed by atoms with Crippen molar-refractivity contribution in [2.75, 3.05) is 0 Å². The van der Waals surface area contributed by atoms with Crippen LogP contribution >= 0.6 is 24.4 Å². The summed E-state index contributed by atoms with van der Waals surface area (Å²) in [5.74, 6) is 0. The summed E-state index contributed by atoms with van der Waals surface area (Å²) in [7, 11) is 0. The van der Waals surface area contributed by atoms with Gasteiger partial charge in [0.1, 0.15) is 6.17 Å². The lowest BCUT2D eigenvalue weighted by atomic mass is 10.5. The van der Waals surface area contributed by atoms with Gasteiger partial charge in [0.15, 0.2) is 4.77 Å². The maximum absolute atomic E-state index is 5.04. The molecule has 0 spiro atoms. The van der Waals surface area contributed by atoms with E-state index in [2.05, 4.69) is 10.3 Å². The number of hydrogen-bond donors (Lipinski definition) is 2. The second-order valence-electron chi connectivity index (χ2n) is 2.55. The summed E-state index contributed by atoms with van der Waals surface area (Å²) in [4.78, 5) is 3.69. The molecule has 0 bridgehead atoms. The Morgan fingerprint density at radius 2 is 2.42 bits per heavy atom. The summed E-state index contributed by atoms with van der Waals surface area (Å²) < 4.78 is 2.61. The molecule has 0 amide bonds. The number of aromatic amines is 1. The first-order valence-corrected chi connectivity index (χ1v) is 4.45. The number of nitrogens with one attached hydrogen (secondary N) is 2. The van der Waals surface area contributed by atoms with Crippen LogP contribution in [0.4, 0.5) is 0 Å². The molecule has 0 aromatic carbocycles. The van der Waals surface area contributed by atoms with Crippen molar-refractivity contribution >= 4 is 29.4 Å². The standard InChI is InChI=1S/C7H11N3S2/c1-5(9-6(2)11)10-4-3-8-7(10)12/h3-5H,1-2H3,(H,8,12)(H,9,11). The molecule has 1 unspecified atom stereocenters. The van der Waals surface area contributed by atoms with Gasteiger partial charge in [-0.15, -0.1) is 0 Å². The maximum atomic E-state index is 5.04. The first-order valence-electron chi connectivity index (χ1n) is 3.64. The largest absolute Gasteiger partial charge is 0.360 e. The van der Waals surface area contributed by atoms with Crippen LogP contribution in [-0.2, 0) is 0 Å². The molecule has 0 saturated carbocycles. The van der Waals surface area contributed by atoms with Gasteiger partial charge in [-0.05, 0) is 26.1 Å². The van der Waals surface area contributed by atoms with Crippen molar-refractivity contribution in [3.63, 3.8) is 0 Å². The molecule has 0 aliphatic carbocycles. The second-order valence-corrected chi connectivity index (χ2v) is 3.55. The Morgan fingerprint density at radius 3 is 2.83 bits per heavy atom. The Morgan fingerprint density at radius 1 is 1.75 bits per heavy atom. The van der Waals surface area contributed by atoms with E-state index < -0.39 is 0 Å². The van der Waals surface area contributed by atoms with Crippen LogP contribution in [0.5, 0.6) is 0 Å². The summed E-state index contributed by atoms with van der Waals surface area (Å²) >= 11 is 9.96. The lowest BCUT2D eigenvalue weighted by Gasteiger charge is -2.14. The van der Waals surface area contributed by atoms with E-state index in [9.17, 15) is 0 Å². The molecule has 0 saturated heterocycles. The summed E-state index contributed by atoms with van der Waals surface area (Å²) in [6, 6.07) is 0. The number of aromatic nitrogens is 2. The maximum Gasteiger partial charge on any atom is 0.178 e. The number of rotatable bonds is 2. The minimum absolute atomic E-state index is 0.112. The van der Waals surface area contributed by atoms with E-state index in [0.29, 0.717) is 4.77 Å². The highest BCUT2D eigenvalue weighted by molar-refractivity contribution is 7.80. The van der Waals surface area contributed by atoms with Gasteiger partial charge in [-0.2, -0.15) is 0 Å². The van der Waals surface area contributed by atoms with Gasteiger partial charge < -0.3 is 14.9 Å². The molecular weight excluding hydrogens is 190 g/mol.